The van der Waals surface area contributed by atoms with Gasteiger partial charge in [-0.15, -0.1) is 0 Å². The van der Waals surface area contributed by atoms with Crippen molar-refractivity contribution in [1.82, 2.24) is 0 Å². The molecule has 0 radical (unpaired) electrons. The molecule has 0 saturated carbocycles. The van der Waals surface area contributed by atoms with Crippen LogP contribution in [0.4, 0.5) is 0 Å². The third kappa shape index (κ3) is 60.9. The molecule has 0 aliphatic rings. The Kier molecular flexibility index (Phi) is 54.1. The predicted molar refractivity (Wildman–Crippen MR) is 332 cm³/mol. The zero-order valence-electron chi connectivity index (χ0n) is 49.8. The fourth-order valence-corrected chi connectivity index (χ4v) is 8.20. The highest BCUT2D eigenvalue weighted by atomic mass is 31.2. The van der Waals surface area contributed by atoms with E-state index in [2.05, 4.69) is 166 Å². The average Bonchev–Trinajstić information content (AvgIpc) is 3.40. The SMILES string of the molecule is CC/C=C\C/C=C\C/C=C\C/C=C\C/C=C\C/C=C\C/C=C\CCCC(=O)OC(COC(=O)CCCCCCCCCCCCCC/C=C\C/C=C\C/C=C\C/C=C\C/C=C\C/C=C\CC)COP(=O)([O-])OCC[N+](C)(C)C. The summed E-state index contributed by atoms with van der Waals surface area (Å²) in [6.45, 7) is 3.92. The average molecular weight is 1100 g/mol. The van der Waals surface area contributed by atoms with Gasteiger partial charge in [0.2, 0.25) is 0 Å². The number of unbranched alkanes of at least 4 members (excludes halogenated alkanes) is 13. The zero-order chi connectivity index (χ0) is 57.0. The van der Waals surface area contributed by atoms with Crippen LogP contribution in [0.15, 0.2) is 158 Å². The van der Waals surface area contributed by atoms with Crippen LogP contribution in [-0.4, -0.2) is 70.0 Å². The van der Waals surface area contributed by atoms with Gasteiger partial charge in [-0.05, 0) is 116 Å². The van der Waals surface area contributed by atoms with Gasteiger partial charge in [-0.1, -0.05) is 236 Å². The van der Waals surface area contributed by atoms with E-state index < -0.39 is 32.5 Å². The molecule has 0 rings (SSSR count). The highest BCUT2D eigenvalue weighted by Gasteiger charge is 2.21. The minimum absolute atomic E-state index is 0.0510. The van der Waals surface area contributed by atoms with Gasteiger partial charge in [0.25, 0.3) is 7.82 Å². The molecule has 10 heteroatoms. The van der Waals surface area contributed by atoms with Crippen LogP contribution in [0.5, 0.6) is 0 Å². The second-order valence-electron chi connectivity index (χ2n) is 20.6. The summed E-state index contributed by atoms with van der Waals surface area (Å²) in [5.41, 5.74) is 0. The van der Waals surface area contributed by atoms with Crippen LogP contribution < -0.4 is 4.89 Å². The van der Waals surface area contributed by atoms with E-state index in [0.717, 1.165) is 103 Å². The number of quaternary nitrogens is 1. The van der Waals surface area contributed by atoms with E-state index in [0.29, 0.717) is 30.3 Å². The van der Waals surface area contributed by atoms with Crippen molar-refractivity contribution in [2.75, 3.05) is 47.5 Å². The van der Waals surface area contributed by atoms with Gasteiger partial charge >= 0.3 is 11.9 Å². The van der Waals surface area contributed by atoms with E-state index >= 15 is 0 Å². The normalized spacial score (nSPS) is 14.4. The fraction of sp³-hybridized carbons (Fsp3) is 0.588. The molecule has 0 fully saturated rings. The van der Waals surface area contributed by atoms with Crippen molar-refractivity contribution >= 4 is 19.8 Å². The monoisotopic (exact) mass is 1100 g/mol. The summed E-state index contributed by atoms with van der Waals surface area (Å²) in [5, 5.41) is 0. The number of rotatable bonds is 53. The van der Waals surface area contributed by atoms with Gasteiger partial charge in [0.1, 0.15) is 19.8 Å². The molecule has 2 atom stereocenters. The van der Waals surface area contributed by atoms with Crippen LogP contribution in [0.3, 0.4) is 0 Å². The first-order valence-corrected chi connectivity index (χ1v) is 31.7. The highest BCUT2D eigenvalue weighted by molar-refractivity contribution is 7.45. The molecule has 2 unspecified atom stereocenters. The van der Waals surface area contributed by atoms with Crippen molar-refractivity contribution < 1.29 is 42.1 Å². The molecule has 0 aromatic heterocycles. The number of phosphoric acid groups is 1. The second-order valence-corrected chi connectivity index (χ2v) is 22.0. The standard InChI is InChI=1S/C68H110NO8P/c1-6-8-10-12-14-16-18-20-22-24-26-28-30-31-32-33-34-35-36-37-39-40-42-44-46-48-50-52-54-56-58-60-67(70)74-64-66(65-76-78(72,73)75-63-62-69(3,4)5)77-68(71)61-59-57-55-53-51-49-47-45-43-41-38-29-27-25-23-21-19-17-15-13-11-9-7-2/h8-11,14-17,20-23,26-29,31-32,34-35,41,43,47,49,53,55,66H,6-7,12-13,18-19,24-25,30,33,36-40,42,44-46,48,50-52,54,56-65H2,1-5H3/b10-8-,11-9-,16-14-,17-15-,22-20-,23-21-,28-26-,29-27-,32-31-,35-34-,43-41-,49-47-,55-53-. The van der Waals surface area contributed by atoms with E-state index in [1.165, 1.54) is 57.8 Å². The molecule has 0 aliphatic carbocycles. The number of carbonyl (C=O) groups is 2. The number of allylic oxidation sites excluding steroid dienone is 26. The second kappa shape index (κ2) is 57.3. The Bertz CT molecular complexity index is 1870. The molecular formula is C68H110NO8P. The number of ether oxygens (including phenoxy) is 2. The number of hydrogen-bond donors (Lipinski definition) is 0. The van der Waals surface area contributed by atoms with Crippen LogP contribution in [-0.2, 0) is 32.7 Å². The van der Waals surface area contributed by atoms with Gasteiger partial charge in [-0.2, -0.15) is 0 Å². The van der Waals surface area contributed by atoms with E-state index in [1.54, 1.807) is 0 Å². The lowest BCUT2D eigenvalue weighted by Gasteiger charge is -2.28. The molecular weight excluding hydrogens is 990 g/mol. The van der Waals surface area contributed by atoms with Gasteiger partial charge in [-0.25, -0.2) is 0 Å². The molecule has 78 heavy (non-hydrogen) atoms. The van der Waals surface area contributed by atoms with Crippen molar-refractivity contribution in [3.05, 3.63) is 158 Å². The largest absolute Gasteiger partial charge is 0.756 e. The summed E-state index contributed by atoms with van der Waals surface area (Å²) < 4.78 is 34.1. The molecule has 0 aromatic carbocycles. The summed E-state index contributed by atoms with van der Waals surface area (Å²) in [7, 11) is 1.10. The Morgan fingerprint density at radius 3 is 1.06 bits per heavy atom. The summed E-state index contributed by atoms with van der Waals surface area (Å²) in [4.78, 5) is 37.9. The van der Waals surface area contributed by atoms with Crippen molar-refractivity contribution in [2.24, 2.45) is 0 Å². The third-order valence-electron chi connectivity index (χ3n) is 12.0. The van der Waals surface area contributed by atoms with Gasteiger partial charge in [0.05, 0.1) is 27.7 Å². The van der Waals surface area contributed by atoms with E-state index in [4.69, 9.17) is 18.5 Å². The summed E-state index contributed by atoms with van der Waals surface area (Å²) in [5.74, 6) is -0.917. The van der Waals surface area contributed by atoms with E-state index in [-0.39, 0.29) is 26.1 Å². The fourth-order valence-electron chi connectivity index (χ4n) is 7.47. The summed E-state index contributed by atoms with van der Waals surface area (Å²) in [6.07, 6.45) is 85.9. The smallest absolute Gasteiger partial charge is 0.306 e. The molecule has 0 N–H and O–H groups in total. The topological polar surface area (TPSA) is 111 Å². The lowest BCUT2D eigenvalue weighted by molar-refractivity contribution is -0.870. The minimum Gasteiger partial charge on any atom is -0.756 e. The Labute approximate surface area is 477 Å². The number of esters is 2. The Hall–Kier alpha value is -4.37. The van der Waals surface area contributed by atoms with Crippen LogP contribution in [0.2, 0.25) is 0 Å². The molecule has 9 nitrogen and oxygen atoms in total. The van der Waals surface area contributed by atoms with Crippen LogP contribution in [0.25, 0.3) is 0 Å². The lowest BCUT2D eigenvalue weighted by Crippen LogP contribution is -2.37. The van der Waals surface area contributed by atoms with E-state index in [9.17, 15) is 19.0 Å². The molecule has 0 bridgehead atoms. The minimum atomic E-state index is -4.67. The van der Waals surface area contributed by atoms with Gasteiger partial charge < -0.3 is 27.9 Å². The van der Waals surface area contributed by atoms with Crippen molar-refractivity contribution in [2.45, 2.75) is 213 Å². The van der Waals surface area contributed by atoms with Gasteiger partial charge in [-0.3, -0.25) is 14.2 Å². The van der Waals surface area contributed by atoms with Crippen molar-refractivity contribution in [1.29, 1.82) is 0 Å². The van der Waals surface area contributed by atoms with Crippen LogP contribution >= 0.6 is 7.82 Å². The number of hydrogen-bond acceptors (Lipinski definition) is 8. The number of carbonyl (C=O) groups excluding carboxylic acids is 2. The first kappa shape index (κ1) is 73.6. The Balaban J connectivity index is 4.25. The third-order valence-corrected chi connectivity index (χ3v) is 13.0. The number of phosphoric ester groups is 1. The van der Waals surface area contributed by atoms with Crippen molar-refractivity contribution in [3.63, 3.8) is 0 Å². The van der Waals surface area contributed by atoms with Gasteiger partial charge in [0.15, 0.2) is 6.10 Å². The number of nitrogens with zero attached hydrogens (tertiary/aromatic N) is 1. The maximum atomic E-state index is 12.8. The predicted octanol–water partition coefficient (Wildman–Crippen LogP) is 18.6. The first-order valence-electron chi connectivity index (χ1n) is 30.2. The van der Waals surface area contributed by atoms with Gasteiger partial charge in [0, 0.05) is 12.8 Å². The molecule has 0 amide bonds. The summed E-state index contributed by atoms with van der Waals surface area (Å²) >= 11 is 0. The quantitative estimate of drug-likeness (QED) is 0.0195. The van der Waals surface area contributed by atoms with Crippen LogP contribution in [0, 0.1) is 0 Å². The molecule has 0 spiro atoms. The molecule has 0 saturated heterocycles. The maximum absolute atomic E-state index is 12.8. The molecule has 0 aliphatic heterocycles. The summed E-state index contributed by atoms with van der Waals surface area (Å²) in [6, 6.07) is 0. The van der Waals surface area contributed by atoms with E-state index in [1.807, 2.05) is 27.2 Å². The Morgan fingerprint density at radius 2 is 0.705 bits per heavy atom. The highest BCUT2D eigenvalue weighted by Crippen LogP contribution is 2.38. The van der Waals surface area contributed by atoms with Crippen molar-refractivity contribution in [3.8, 4) is 0 Å². The molecule has 0 aromatic rings. The lowest BCUT2D eigenvalue weighted by atomic mass is 10.0. The Morgan fingerprint density at radius 1 is 0.397 bits per heavy atom. The number of likely N-dealkylation sites (N-methyl/N-ethyl adjacent to an activating group) is 1. The van der Waals surface area contributed by atoms with Crippen LogP contribution in [0.1, 0.15) is 206 Å². The zero-order valence-corrected chi connectivity index (χ0v) is 50.7. The first-order chi connectivity index (χ1) is 38.0. The molecule has 0 heterocycles. The molecule has 440 valence electrons. The maximum Gasteiger partial charge on any atom is 0.306 e.